The molecule has 0 aliphatic carbocycles. The van der Waals surface area contributed by atoms with E-state index in [0.29, 0.717) is 6.54 Å². The lowest BCUT2D eigenvalue weighted by atomic mass is 10.2. The lowest BCUT2D eigenvalue weighted by molar-refractivity contribution is 0.439. The molecule has 1 atom stereocenters. The molecule has 0 bridgehead atoms. The molecular weight excluding hydrogens is 256 g/mol. The third-order valence-electron chi connectivity index (χ3n) is 3.69. The summed E-state index contributed by atoms with van der Waals surface area (Å²) in [7, 11) is 0. The van der Waals surface area contributed by atoms with Crippen LogP contribution < -0.4 is 5.32 Å². The van der Waals surface area contributed by atoms with Gasteiger partial charge >= 0.3 is 0 Å². The predicted molar refractivity (Wildman–Crippen MR) is 73.4 cm³/mol. The van der Waals surface area contributed by atoms with E-state index in [1.165, 1.54) is 6.07 Å². The van der Waals surface area contributed by atoms with Gasteiger partial charge in [-0.25, -0.2) is 0 Å². The van der Waals surface area contributed by atoms with E-state index in [0.717, 1.165) is 36.6 Å². The zero-order valence-corrected chi connectivity index (χ0v) is 11.4. The van der Waals surface area contributed by atoms with Crippen LogP contribution in [-0.4, -0.2) is 25.0 Å². The van der Waals surface area contributed by atoms with Gasteiger partial charge in [-0.2, -0.15) is 0 Å². The van der Waals surface area contributed by atoms with Crippen LogP contribution in [0.4, 0.5) is 0 Å². The molecule has 1 aromatic carbocycles. The van der Waals surface area contributed by atoms with Crippen LogP contribution >= 0.6 is 0 Å². The van der Waals surface area contributed by atoms with Crippen molar-refractivity contribution < 1.29 is 10.2 Å². The first kappa shape index (κ1) is 12.9. The van der Waals surface area contributed by atoms with Gasteiger partial charge in [0.2, 0.25) is 0 Å². The average Bonchev–Trinajstić information content (AvgIpc) is 2.99. The second-order valence-corrected chi connectivity index (χ2v) is 5.15. The standard InChI is InChI=1S/C14H18N4O2/c1-9(14-17-16-13-3-2-6-18(13)14)15-8-10-4-5-11(19)7-12(10)20/h4-5,7,9,15,19-20H,2-3,6,8H2,1H3. The largest absolute Gasteiger partial charge is 0.508 e. The normalized spacial score (nSPS) is 15.2. The van der Waals surface area contributed by atoms with Gasteiger partial charge in [-0.05, 0) is 19.4 Å². The number of hydrogen-bond acceptors (Lipinski definition) is 5. The molecule has 1 unspecified atom stereocenters. The van der Waals surface area contributed by atoms with Crippen molar-refractivity contribution in [1.82, 2.24) is 20.1 Å². The minimum absolute atomic E-state index is 0.0579. The lowest BCUT2D eigenvalue weighted by Gasteiger charge is -2.14. The van der Waals surface area contributed by atoms with Crippen LogP contribution in [0.15, 0.2) is 18.2 Å². The van der Waals surface area contributed by atoms with Crippen molar-refractivity contribution in [3.05, 3.63) is 35.4 Å². The molecule has 2 aromatic rings. The maximum Gasteiger partial charge on any atom is 0.149 e. The zero-order valence-electron chi connectivity index (χ0n) is 11.4. The number of phenolic OH excluding ortho intramolecular Hbond substituents is 2. The van der Waals surface area contributed by atoms with E-state index in [1.807, 2.05) is 6.92 Å². The first-order chi connectivity index (χ1) is 9.65. The summed E-state index contributed by atoms with van der Waals surface area (Å²) in [5.74, 6) is 2.16. The second kappa shape index (κ2) is 5.13. The number of aromatic nitrogens is 3. The monoisotopic (exact) mass is 274 g/mol. The van der Waals surface area contributed by atoms with E-state index in [-0.39, 0.29) is 17.5 Å². The Kier molecular flexibility index (Phi) is 3.31. The van der Waals surface area contributed by atoms with Gasteiger partial charge in [-0.15, -0.1) is 10.2 Å². The van der Waals surface area contributed by atoms with Crippen LogP contribution in [-0.2, 0) is 19.5 Å². The summed E-state index contributed by atoms with van der Waals surface area (Å²) in [4.78, 5) is 0. The SMILES string of the molecule is CC(NCc1ccc(O)cc1O)c1nnc2n1CCC2. The molecule has 1 aliphatic rings. The molecule has 6 heteroatoms. The molecule has 0 amide bonds. The Labute approximate surface area is 117 Å². The quantitative estimate of drug-likeness (QED) is 0.786. The van der Waals surface area contributed by atoms with Crippen LogP contribution in [0, 0.1) is 0 Å². The van der Waals surface area contributed by atoms with Crippen molar-refractivity contribution in [1.29, 1.82) is 0 Å². The molecule has 0 saturated carbocycles. The fourth-order valence-electron chi connectivity index (χ4n) is 2.55. The summed E-state index contributed by atoms with van der Waals surface area (Å²) >= 11 is 0. The van der Waals surface area contributed by atoms with E-state index < -0.39 is 0 Å². The molecule has 106 valence electrons. The number of hydrogen-bond donors (Lipinski definition) is 3. The molecule has 20 heavy (non-hydrogen) atoms. The smallest absolute Gasteiger partial charge is 0.149 e. The fourth-order valence-corrected chi connectivity index (χ4v) is 2.55. The molecule has 1 aliphatic heterocycles. The Bertz CT molecular complexity index is 624. The Morgan fingerprint density at radius 3 is 3.00 bits per heavy atom. The lowest BCUT2D eigenvalue weighted by Crippen LogP contribution is -2.21. The summed E-state index contributed by atoms with van der Waals surface area (Å²) in [5, 5.41) is 30.8. The fraction of sp³-hybridized carbons (Fsp3) is 0.429. The summed E-state index contributed by atoms with van der Waals surface area (Å²) in [6.45, 7) is 3.52. The topological polar surface area (TPSA) is 83.2 Å². The van der Waals surface area contributed by atoms with Crippen LogP contribution in [0.3, 0.4) is 0 Å². The Morgan fingerprint density at radius 2 is 2.20 bits per heavy atom. The Balaban J connectivity index is 1.68. The van der Waals surface area contributed by atoms with Crippen LogP contribution in [0.1, 0.15) is 36.6 Å². The van der Waals surface area contributed by atoms with Gasteiger partial charge in [0.05, 0.1) is 6.04 Å². The molecule has 3 rings (SSSR count). The van der Waals surface area contributed by atoms with E-state index in [2.05, 4.69) is 20.1 Å². The second-order valence-electron chi connectivity index (χ2n) is 5.15. The number of phenols is 2. The molecule has 0 saturated heterocycles. The number of fused-ring (bicyclic) bond motifs is 1. The minimum Gasteiger partial charge on any atom is -0.508 e. The first-order valence-electron chi connectivity index (χ1n) is 6.81. The predicted octanol–water partition coefficient (Wildman–Crippen LogP) is 1.49. The highest BCUT2D eigenvalue weighted by Gasteiger charge is 2.21. The first-order valence-corrected chi connectivity index (χ1v) is 6.81. The number of aryl methyl sites for hydroxylation is 1. The molecule has 1 aromatic heterocycles. The van der Waals surface area contributed by atoms with Gasteiger partial charge in [0.15, 0.2) is 0 Å². The Morgan fingerprint density at radius 1 is 1.35 bits per heavy atom. The number of benzene rings is 1. The molecule has 0 radical (unpaired) electrons. The van der Waals surface area contributed by atoms with Crippen LogP contribution in [0.2, 0.25) is 0 Å². The highest BCUT2D eigenvalue weighted by molar-refractivity contribution is 5.38. The summed E-state index contributed by atoms with van der Waals surface area (Å²) in [6.07, 6.45) is 2.13. The molecule has 6 nitrogen and oxygen atoms in total. The molecule has 2 heterocycles. The Hall–Kier alpha value is -2.08. The molecule has 3 N–H and O–H groups in total. The number of nitrogens with one attached hydrogen (secondary N) is 1. The van der Waals surface area contributed by atoms with Gasteiger partial charge in [-0.3, -0.25) is 0 Å². The van der Waals surface area contributed by atoms with Crippen molar-refractivity contribution in [2.45, 2.75) is 38.9 Å². The highest BCUT2D eigenvalue weighted by Crippen LogP contribution is 2.24. The number of aromatic hydroxyl groups is 2. The molecule has 0 spiro atoms. The number of nitrogens with zero attached hydrogens (tertiary/aromatic N) is 3. The van der Waals surface area contributed by atoms with Crippen LogP contribution in [0.25, 0.3) is 0 Å². The zero-order chi connectivity index (χ0) is 14.1. The van der Waals surface area contributed by atoms with Crippen molar-refractivity contribution in [2.75, 3.05) is 0 Å². The van der Waals surface area contributed by atoms with Gasteiger partial charge in [-0.1, -0.05) is 6.07 Å². The van der Waals surface area contributed by atoms with Crippen molar-refractivity contribution in [3.8, 4) is 11.5 Å². The summed E-state index contributed by atoms with van der Waals surface area (Å²) < 4.78 is 2.16. The number of rotatable bonds is 4. The summed E-state index contributed by atoms with van der Waals surface area (Å²) in [5.41, 5.74) is 0.746. The van der Waals surface area contributed by atoms with Gasteiger partial charge in [0.1, 0.15) is 23.1 Å². The summed E-state index contributed by atoms with van der Waals surface area (Å²) in [6, 6.07) is 4.67. The third kappa shape index (κ3) is 2.34. The third-order valence-corrected chi connectivity index (χ3v) is 3.69. The maximum absolute atomic E-state index is 9.76. The van der Waals surface area contributed by atoms with Crippen molar-refractivity contribution in [2.24, 2.45) is 0 Å². The van der Waals surface area contributed by atoms with E-state index in [4.69, 9.17) is 0 Å². The van der Waals surface area contributed by atoms with E-state index >= 15 is 0 Å². The van der Waals surface area contributed by atoms with Crippen molar-refractivity contribution in [3.63, 3.8) is 0 Å². The van der Waals surface area contributed by atoms with Gasteiger partial charge in [0, 0.05) is 31.1 Å². The van der Waals surface area contributed by atoms with E-state index in [9.17, 15) is 10.2 Å². The van der Waals surface area contributed by atoms with Gasteiger partial charge < -0.3 is 20.1 Å². The average molecular weight is 274 g/mol. The highest BCUT2D eigenvalue weighted by atomic mass is 16.3. The van der Waals surface area contributed by atoms with E-state index in [1.54, 1.807) is 12.1 Å². The minimum atomic E-state index is 0.0579. The molecular formula is C14H18N4O2. The van der Waals surface area contributed by atoms with Crippen LogP contribution in [0.5, 0.6) is 11.5 Å². The molecule has 0 fully saturated rings. The van der Waals surface area contributed by atoms with Gasteiger partial charge in [0.25, 0.3) is 0 Å². The maximum atomic E-state index is 9.76. The van der Waals surface area contributed by atoms with Crippen molar-refractivity contribution >= 4 is 0 Å².